The van der Waals surface area contributed by atoms with E-state index in [9.17, 15) is 19.1 Å². The van der Waals surface area contributed by atoms with Crippen molar-refractivity contribution < 1.29 is 29.3 Å². The Hall–Kier alpha value is -3.03. The van der Waals surface area contributed by atoms with Gasteiger partial charge in [0.05, 0.1) is 11.6 Å². The van der Waals surface area contributed by atoms with Crippen molar-refractivity contribution in [2.45, 2.75) is 26.8 Å². The van der Waals surface area contributed by atoms with Crippen molar-refractivity contribution in [2.24, 2.45) is 0 Å². The largest absolute Gasteiger partial charge is 0.507 e. The molecule has 29 heavy (non-hydrogen) atoms. The second kappa shape index (κ2) is 11.7. The monoisotopic (exact) mass is 403 g/mol. The Morgan fingerprint density at radius 2 is 1.45 bits per heavy atom. The zero-order valence-electron chi connectivity index (χ0n) is 16.6. The molecule has 6 nitrogen and oxygen atoms in total. The maximum Gasteiger partial charge on any atom is 0.293 e. The number of Topliss-reactive ketones (excluding diaryl/α,β-unsaturated/α-hetero) is 1. The second-order valence-corrected chi connectivity index (χ2v) is 6.05. The van der Waals surface area contributed by atoms with Crippen LogP contribution in [0.4, 0.5) is 4.39 Å². The quantitative estimate of drug-likeness (QED) is 0.350. The first kappa shape index (κ1) is 24.0. The molecule has 1 aliphatic heterocycles. The highest BCUT2D eigenvalue weighted by Gasteiger charge is 2.39. The number of ketones is 1. The van der Waals surface area contributed by atoms with E-state index < -0.39 is 23.5 Å². The lowest BCUT2D eigenvalue weighted by Gasteiger charge is -2.13. The predicted molar refractivity (Wildman–Crippen MR) is 109 cm³/mol. The van der Waals surface area contributed by atoms with Crippen LogP contribution in [0.25, 0.3) is 5.76 Å². The van der Waals surface area contributed by atoms with Gasteiger partial charge in [-0.05, 0) is 38.5 Å². The molecular formula is C22H26FNO5. The van der Waals surface area contributed by atoms with E-state index in [0.717, 1.165) is 5.56 Å². The van der Waals surface area contributed by atoms with Crippen LogP contribution in [-0.2, 0) is 9.59 Å². The maximum atomic E-state index is 13.1. The van der Waals surface area contributed by atoms with E-state index in [1.54, 1.807) is 38.1 Å². The van der Waals surface area contributed by atoms with Crippen LogP contribution in [0.5, 0.6) is 0 Å². The zero-order valence-corrected chi connectivity index (χ0v) is 16.6. The number of carbonyl (C=O) groups is 2. The van der Waals surface area contributed by atoms with Gasteiger partial charge in [-0.1, -0.05) is 42.0 Å². The lowest BCUT2D eigenvalue weighted by Crippen LogP contribution is -2.21. The number of rotatable bonds is 2. The molecule has 1 saturated heterocycles. The van der Waals surface area contributed by atoms with E-state index in [2.05, 4.69) is 5.32 Å². The topological polar surface area (TPSA) is 107 Å². The minimum atomic E-state index is -0.795. The third-order valence-electron chi connectivity index (χ3n) is 3.80. The van der Waals surface area contributed by atoms with Crippen molar-refractivity contribution in [1.82, 2.24) is 5.32 Å². The zero-order chi connectivity index (χ0) is 22.0. The molecular weight excluding hydrogens is 377 g/mol. The number of amides is 1. The minimum Gasteiger partial charge on any atom is -0.507 e. The normalized spacial score (nSPS) is 16.8. The Balaban J connectivity index is 0.000000626. The Morgan fingerprint density at radius 3 is 1.93 bits per heavy atom. The van der Waals surface area contributed by atoms with E-state index in [0.29, 0.717) is 11.1 Å². The number of hydrogen-bond acceptors (Lipinski definition) is 5. The number of nitrogens with one attached hydrogen (secondary N) is 1. The molecule has 0 radical (unpaired) electrons. The van der Waals surface area contributed by atoms with Crippen LogP contribution < -0.4 is 5.32 Å². The molecule has 3 rings (SSSR count). The summed E-state index contributed by atoms with van der Waals surface area (Å²) >= 11 is 0. The first-order valence-corrected chi connectivity index (χ1v) is 9.13. The molecule has 1 aliphatic rings. The van der Waals surface area contributed by atoms with E-state index in [1.807, 2.05) is 6.92 Å². The Labute approximate surface area is 169 Å². The number of benzene rings is 2. The van der Waals surface area contributed by atoms with Crippen LogP contribution in [0, 0.1) is 12.7 Å². The van der Waals surface area contributed by atoms with Gasteiger partial charge in [-0.25, -0.2) is 4.39 Å². The molecule has 1 heterocycles. The number of aliphatic hydroxyl groups excluding tert-OH is 3. The van der Waals surface area contributed by atoms with Crippen LogP contribution in [0.3, 0.4) is 0 Å². The van der Waals surface area contributed by atoms with Gasteiger partial charge in [0.25, 0.3) is 11.7 Å². The molecule has 1 amide bonds. The van der Waals surface area contributed by atoms with Gasteiger partial charge >= 0.3 is 0 Å². The van der Waals surface area contributed by atoms with E-state index in [4.69, 9.17) is 10.2 Å². The lowest BCUT2D eigenvalue weighted by atomic mass is 9.95. The first-order valence-electron chi connectivity index (χ1n) is 9.13. The third kappa shape index (κ3) is 6.51. The molecule has 156 valence electrons. The molecule has 4 N–H and O–H groups in total. The van der Waals surface area contributed by atoms with Gasteiger partial charge in [0.2, 0.25) is 0 Å². The summed E-state index contributed by atoms with van der Waals surface area (Å²) < 4.78 is 13.1. The molecule has 1 fully saturated rings. The fraction of sp³-hybridized carbons (Fsp3) is 0.273. The van der Waals surface area contributed by atoms with Crippen molar-refractivity contribution in [2.75, 3.05) is 13.2 Å². The summed E-state index contributed by atoms with van der Waals surface area (Å²) in [5, 5.41) is 28.1. The van der Waals surface area contributed by atoms with Gasteiger partial charge in [-0.3, -0.25) is 9.59 Å². The predicted octanol–water partition coefficient (Wildman–Crippen LogP) is 2.84. The lowest BCUT2D eigenvalue weighted by molar-refractivity contribution is -0.133. The van der Waals surface area contributed by atoms with Gasteiger partial charge in [0.15, 0.2) is 0 Å². The van der Waals surface area contributed by atoms with Crippen molar-refractivity contribution in [3.05, 3.63) is 76.6 Å². The summed E-state index contributed by atoms with van der Waals surface area (Å²) in [6.45, 7) is 5.76. The number of aliphatic hydroxyl groups is 3. The van der Waals surface area contributed by atoms with Crippen LogP contribution in [0.2, 0.25) is 0 Å². The van der Waals surface area contributed by atoms with Gasteiger partial charge in [0, 0.05) is 18.8 Å². The Morgan fingerprint density at radius 1 is 0.966 bits per heavy atom. The molecule has 0 bridgehead atoms. The molecule has 1 atom stereocenters. The van der Waals surface area contributed by atoms with Crippen molar-refractivity contribution in [1.29, 1.82) is 0 Å². The molecule has 0 aliphatic carbocycles. The third-order valence-corrected chi connectivity index (χ3v) is 3.80. The van der Waals surface area contributed by atoms with Crippen LogP contribution >= 0.6 is 0 Å². The van der Waals surface area contributed by atoms with E-state index in [1.165, 1.54) is 24.3 Å². The summed E-state index contributed by atoms with van der Waals surface area (Å²) in [7, 11) is 0. The molecule has 0 saturated carbocycles. The second-order valence-electron chi connectivity index (χ2n) is 6.05. The highest BCUT2D eigenvalue weighted by atomic mass is 19.1. The maximum absolute atomic E-state index is 13.1. The Kier molecular flexibility index (Phi) is 9.71. The van der Waals surface area contributed by atoms with Crippen molar-refractivity contribution in [3.63, 3.8) is 0 Å². The molecule has 0 aromatic heterocycles. The fourth-order valence-electron chi connectivity index (χ4n) is 2.54. The molecule has 2 aromatic carbocycles. The smallest absolute Gasteiger partial charge is 0.293 e. The number of carbonyl (C=O) groups excluding carboxylic acids is 2. The Bertz CT molecular complexity index is 843. The molecule has 1 unspecified atom stereocenters. The average Bonchev–Trinajstić information content (AvgIpc) is 2.98. The highest BCUT2D eigenvalue weighted by Crippen LogP contribution is 2.32. The summed E-state index contributed by atoms with van der Waals surface area (Å²) in [4.78, 5) is 23.9. The van der Waals surface area contributed by atoms with Gasteiger partial charge < -0.3 is 20.6 Å². The number of hydrogen-bond donors (Lipinski definition) is 4. The van der Waals surface area contributed by atoms with Gasteiger partial charge in [-0.15, -0.1) is 0 Å². The average molecular weight is 403 g/mol. The summed E-state index contributed by atoms with van der Waals surface area (Å²) in [6.07, 6.45) is 0. The van der Waals surface area contributed by atoms with E-state index in [-0.39, 0.29) is 24.5 Å². The van der Waals surface area contributed by atoms with Gasteiger partial charge in [0.1, 0.15) is 11.6 Å². The SMILES string of the molecule is CCO.CCO.Cc1ccc(/C(O)=C2\C(=O)C(=O)NC2c2ccc(F)cc2)cc1. The first-order chi connectivity index (χ1) is 13.8. The molecule has 0 spiro atoms. The van der Waals surface area contributed by atoms with E-state index >= 15 is 0 Å². The number of aryl methyl sites for hydroxylation is 1. The summed E-state index contributed by atoms with van der Waals surface area (Å²) in [5.74, 6) is -2.23. The highest BCUT2D eigenvalue weighted by molar-refractivity contribution is 6.46. The van der Waals surface area contributed by atoms with Crippen molar-refractivity contribution >= 4 is 17.4 Å². The van der Waals surface area contributed by atoms with Crippen LogP contribution in [-0.4, -0.2) is 40.2 Å². The molecule has 7 heteroatoms. The minimum absolute atomic E-state index is 0.0227. The van der Waals surface area contributed by atoms with Crippen LogP contribution in [0.15, 0.2) is 54.1 Å². The van der Waals surface area contributed by atoms with Crippen molar-refractivity contribution in [3.8, 4) is 0 Å². The van der Waals surface area contributed by atoms with Gasteiger partial charge in [-0.2, -0.15) is 0 Å². The number of halogens is 1. The fourth-order valence-corrected chi connectivity index (χ4v) is 2.54. The summed E-state index contributed by atoms with van der Waals surface area (Å²) in [5.41, 5.74) is 1.96. The standard InChI is InChI=1S/C18H14FNO3.2C2H6O/c1-10-2-4-12(5-3-10)16(21)14-15(20-18(23)17(14)22)11-6-8-13(19)9-7-11;2*1-2-3/h2-9,15,21H,1H3,(H,20,23);2*3H,2H2,1H3/b16-14+;;. The summed E-state index contributed by atoms with van der Waals surface area (Å²) in [6, 6.07) is 11.6. The molecule has 2 aromatic rings. The van der Waals surface area contributed by atoms with Crippen LogP contribution in [0.1, 0.15) is 36.6 Å².